The molecule has 0 aromatic heterocycles. The van der Waals surface area contributed by atoms with Crippen LogP contribution in [0.25, 0.3) is 0 Å². The SMILES string of the molecule is CNC(C)Cc1cccc(COCNC(C)Cc2ccccc2)c1OC. The fourth-order valence-electron chi connectivity index (χ4n) is 3.01. The first-order valence-corrected chi connectivity index (χ1v) is 9.31. The number of para-hydroxylation sites is 1. The molecule has 0 saturated heterocycles. The highest BCUT2D eigenvalue weighted by atomic mass is 16.5. The van der Waals surface area contributed by atoms with Crippen LogP contribution in [0, 0.1) is 0 Å². The average Bonchev–Trinajstić information content (AvgIpc) is 2.66. The second-order valence-electron chi connectivity index (χ2n) is 6.79. The number of nitrogens with one attached hydrogen (secondary N) is 2. The average molecular weight is 357 g/mol. The Morgan fingerprint density at radius 2 is 1.62 bits per heavy atom. The Hall–Kier alpha value is -1.88. The van der Waals surface area contributed by atoms with E-state index in [0.29, 0.717) is 25.4 Å². The number of hydrogen-bond acceptors (Lipinski definition) is 4. The van der Waals surface area contributed by atoms with Crippen molar-refractivity contribution >= 4 is 0 Å². The van der Waals surface area contributed by atoms with Gasteiger partial charge in [-0.2, -0.15) is 0 Å². The van der Waals surface area contributed by atoms with Crippen LogP contribution < -0.4 is 15.4 Å². The maximum atomic E-state index is 5.85. The van der Waals surface area contributed by atoms with Crippen molar-refractivity contribution in [2.75, 3.05) is 20.9 Å². The van der Waals surface area contributed by atoms with Crippen LogP contribution in [0.5, 0.6) is 5.75 Å². The maximum absolute atomic E-state index is 5.85. The van der Waals surface area contributed by atoms with Crippen LogP contribution >= 0.6 is 0 Å². The summed E-state index contributed by atoms with van der Waals surface area (Å²) in [7, 11) is 3.71. The molecule has 0 aliphatic rings. The molecule has 26 heavy (non-hydrogen) atoms. The zero-order valence-electron chi connectivity index (χ0n) is 16.4. The Balaban J connectivity index is 1.82. The molecular weight excluding hydrogens is 324 g/mol. The Bertz CT molecular complexity index is 646. The van der Waals surface area contributed by atoms with Crippen molar-refractivity contribution in [1.29, 1.82) is 0 Å². The summed E-state index contributed by atoms with van der Waals surface area (Å²) in [6.45, 7) is 5.40. The standard InChI is InChI=1S/C22H32N2O2/c1-17(23-3)14-20-11-8-12-21(22(20)25-4)15-26-16-24-18(2)13-19-9-6-5-7-10-19/h5-12,17-18,23-24H,13-16H2,1-4H3. The minimum absolute atomic E-state index is 0.363. The quantitative estimate of drug-likeness (QED) is 0.477. The lowest BCUT2D eigenvalue weighted by Gasteiger charge is -2.18. The Kier molecular flexibility index (Phi) is 8.62. The molecule has 142 valence electrons. The van der Waals surface area contributed by atoms with Crippen LogP contribution in [0.3, 0.4) is 0 Å². The van der Waals surface area contributed by atoms with Crippen molar-refractivity contribution in [3.8, 4) is 5.75 Å². The lowest BCUT2D eigenvalue weighted by atomic mass is 10.0. The van der Waals surface area contributed by atoms with Gasteiger partial charge in [0.1, 0.15) is 5.75 Å². The molecule has 0 aliphatic heterocycles. The van der Waals surface area contributed by atoms with Crippen LogP contribution in [0.2, 0.25) is 0 Å². The zero-order valence-corrected chi connectivity index (χ0v) is 16.4. The van der Waals surface area contributed by atoms with Crippen LogP contribution in [-0.4, -0.2) is 33.0 Å². The molecule has 2 aromatic carbocycles. The molecule has 4 nitrogen and oxygen atoms in total. The number of benzene rings is 2. The fraction of sp³-hybridized carbons (Fsp3) is 0.455. The molecule has 2 N–H and O–H groups in total. The summed E-state index contributed by atoms with van der Waals surface area (Å²) >= 11 is 0. The predicted octanol–water partition coefficient (Wildman–Crippen LogP) is 3.54. The van der Waals surface area contributed by atoms with Gasteiger partial charge in [-0.15, -0.1) is 0 Å². The van der Waals surface area contributed by atoms with Gasteiger partial charge in [-0.05, 0) is 44.9 Å². The van der Waals surface area contributed by atoms with Crippen molar-refractivity contribution in [3.63, 3.8) is 0 Å². The summed E-state index contributed by atoms with van der Waals surface area (Å²) < 4.78 is 11.5. The summed E-state index contributed by atoms with van der Waals surface area (Å²) in [5.74, 6) is 0.937. The Morgan fingerprint density at radius 1 is 0.885 bits per heavy atom. The molecule has 4 heteroatoms. The van der Waals surface area contributed by atoms with E-state index < -0.39 is 0 Å². The lowest BCUT2D eigenvalue weighted by Crippen LogP contribution is -2.30. The highest BCUT2D eigenvalue weighted by Gasteiger charge is 2.11. The molecule has 0 fully saturated rings. The molecule has 0 aliphatic carbocycles. The third-order valence-corrected chi connectivity index (χ3v) is 4.58. The molecular formula is C22H32N2O2. The minimum atomic E-state index is 0.363. The smallest absolute Gasteiger partial charge is 0.127 e. The number of ether oxygens (including phenoxy) is 2. The Labute approximate surface area is 157 Å². The molecule has 0 amide bonds. The summed E-state index contributed by atoms with van der Waals surface area (Å²) in [6.07, 6.45) is 1.92. The highest BCUT2D eigenvalue weighted by Crippen LogP contribution is 2.25. The largest absolute Gasteiger partial charge is 0.496 e. The van der Waals surface area contributed by atoms with Crippen LogP contribution in [0.15, 0.2) is 48.5 Å². The normalized spacial score (nSPS) is 13.4. The van der Waals surface area contributed by atoms with E-state index in [1.807, 2.05) is 13.1 Å². The molecule has 0 radical (unpaired) electrons. The van der Waals surface area contributed by atoms with E-state index in [2.05, 4.69) is 66.9 Å². The highest BCUT2D eigenvalue weighted by molar-refractivity contribution is 5.41. The molecule has 0 bridgehead atoms. The maximum Gasteiger partial charge on any atom is 0.127 e. The first kappa shape index (κ1) is 20.4. The van der Waals surface area contributed by atoms with E-state index in [9.17, 15) is 0 Å². The van der Waals surface area contributed by atoms with Gasteiger partial charge in [0.05, 0.1) is 20.4 Å². The zero-order chi connectivity index (χ0) is 18.8. The first-order valence-electron chi connectivity index (χ1n) is 9.31. The van der Waals surface area contributed by atoms with Crippen molar-refractivity contribution in [2.24, 2.45) is 0 Å². The van der Waals surface area contributed by atoms with Gasteiger partial charge in [0.25, 0.3) is 0 Å². The van der Waals surface area contributed by atoms with Crippen LogP contribution in [0.1, 0.15) is 30.5 Å². The van der Waals surface area contributed by atoms with Crippen molar-refractivity contribution in [1.82, 2.24) is 10.6 Å². The number of hydrogen-bond donors (Lipinski definition) is 2. The van der Waals surface area contributed by atoms with E-state index in [1.54, 1.807) is 7.11 Å². The van der Waals surface area contributed by atoms with Crippen molar-refractivity contribution < 1.29 is 9.47 Å². The monoisotopic (exact) mass is 356 g/mol. The summed E-state index contributed by atoms with van der Waals surface area (Å²) in [5.41, 5.74) is 3.63. The molecule has 2 aromatic rings. The summed E-state index contributed by atoms with van der Waals surface area (Å²) in [4.78, 5) is 0. The van der Waals surface area contributed by atoms with Gasteiger partial charge >= 0.3 is 0 Å². The second kappa shape index (κ2) is 11.0. The third kappa shape index (κ3) is 6.45. The van der Waals surface area contributed by atoms with E-state index in [0.717, 1.165) is 24.2 Å². The lowest BCUT2D eigenvalue weighted by molar-refractivity contribution is 0.0951. The van der Waals surface area contributed by atoms with E-state index in [1.165, 1.54) is 11.1 Å². The first-order chi connectivity index (χ1) is 12.6. The summed E-state index contributed by atoms with van der Waals surface area (Å²) in [6, 6.07) is 17.5. The van der Waals surface area contributed by atoms with Crippen LogP contribution in [0.4, 0.5) is 0 Å². The number of methoxy groups -OCH3 is 1. The van der Waals surface area contributed by atoms with Crippen molar-refractivity contribution in [2.45, 2.75) is 45.4 Å². The van der Waals surface area contributed by atoms with E-state index in [-0.39, 0.29) is 0 Å². The van der Waals surface area contributed by atoms with Gasteiger partial charge in [-0.1, -0.05) is 48.5 Å². The van der Waals surface area contributed by atoms with E-state index >= 15 is 0 Å². The molecule has 0 heterocycles. The molecule has 2 rings (SSSR count). The van der Waals surface area contributed by atoms with Gasteiger partial charge in [0.15, 0.2) is 0 Å². The van der Waals surface area contributed by atoms with Gasteiger partial charge in [-0.25, -0.2) is 0 Å². The number of rotatable bonds is 11. The third-order valence-electron chi connectivity index (χ3n) is 4.58. The second-order valence-corrected chi connectivity index (χ2v) is 6.79. The van der Waals surface area contributed by atoms with Gasteiger partial charge in [0, 0.05) is 17.6 Å². The fourth-order valence-corrected chi connectivity index (χ4v) is 3.01. The molecule has 0 spiro atoms. The minimum Gasteiger partial charge on any atom is -0.496 e. The molecule has 0 saturated carbocycles. The topological polar surface area (TPSA) is 42.5 Å². The summed E-state index contributed by atoms with van der Waals surface area (Å²) in [5, 5.41) is 6.69. The van der Waals surface area contributed by atoms with E-state index in [4.69, 9.17) is 9.47 Å². The molecule has 2 atom stereocenters. The van der Waals surface area contributed by atoms with Gasteiger partial charge in [-0.3, -0.25) is 5.32 Å². The Morgan fingerprint density at radius 3 is 2.31 bits per heavy atom. The molecule has 2 unspecified atom stereocenters. The van der Waals surface area contributed by atoms with Gasteiger partial charge < -0.3 is 14.8 Å². The number of likely N-dealkylation sites (N-methyl/N-ethyl adjacent to an activating group) is 1. The predicted molar refractivity (Wildman–Crippen MR) is 108 cm³/mol. The van der Waals surface area contributed by atoms with Crippen molar-refractivity contribution in [3.05, 3.63) is 65.2 Å². The van der Waals surface area contributed by atoms with Gasteiger partial charge in [0.2, 0.25) is 0 Å². The van der Waals surface area contributed by atoms with Crippen LogP contribution in [-0.2, 0) is 24.2 Å².